The molecule has 0 saturated carbocycles. The quantitative estimate of drug-likeness (QED) is 0.686. The van der Waals surface area contributed by atoms with E-state index in [0.29, 0.717) is 0 Å². The number of nitrogens with one attached hydrogen (secondary N) is 1. The number of anilines is 3. The Hall–Kier alpha value is -2.16. The molecule has 0 saturated heterocycles. The summed E-state index contributed by atoms with van der Waals surface area (Å²) in [6.45, 7) is 0.745. The van der Waals surface area contributed by atoms with Crippen molar-refractivity contribution in [3.05, 3.63) is 54.1 Å². The van der Waals surface area contributed by atoms with Crippen molar-refractivity contribution in [2.75, 3.05) is 16.8 Å². The van der Waals surface area contributed by atoms with Gasteiger partial charge in [0.2, 0.25) is 0 Å². The zero-order chi connectivity index (χ0) is 11.4. The van der Waals surface area contributed by atoms with Gasteiger partial charge in [0, 0.05) is 23.6 Å². The van der Waals surface area contributed by atoms with Crippen LogP contribution in [0.4, 0.5) is 17.1 Å². The maximum atomic E-state index is 5.70. The summed E-state index contributed by atoms with van der Waals surface area (Å²) < 4.78 is 0. The van der Waals surface area contributed by atoms with Crippen molar-refractivity contribution in [1.82, 2.24) is 0 Å². The molecule has 2 aromatic carbocycles. The first-order valence-corrected chi connectivity index (χ1v) is 5.18. The van der Waals surface area contributed by atoms with Crippen molar-refractivity contribution in [3.8, 4) is 0 Å². The summed E-state index contributed by atoms with van der Waals surface area (Å²) in [7, 11) is 0. The molecular formula is C13H15N3. The molecule has 0 bridgehead atoms. The van der Waals surface area contributed by atoms with Crippen molar-refractivity contribution in [2.24, 2.45) is 0 Å². The van der Waals surface area contributed by atoms with E-state index in [1.54, 1.807) is 0 Å². The minimum absolute atomic E-state index is 0.745. The molecule has 2 rings (SSSR count). The van der Waals surface area contributed by atoms with Crippen LogP contribution < -0.4 is 16.8 Å². The summed E-state index contributed by atoms with van der Waals surface area (Å²) in [6.07, 6.45) is 0. The Labute approximate surface area is 95.1 Å². The van der Waals surface area contributed by atoms with Crippen LogP contribution in [0.15, 0.2) is 48.5 Å². The van der Waals surface area contributed by atoms with Crippen LogP contribution in [0.3, 0.4) is 0 Å². The highest BCUT2D eigenvalue weighted by Crippen LogP contribution is 2.14. The van der Waals surface area contributed by atoms with E-state index in [1.165, 1.54) is 0 Å². The average molecular weight is 213 g/mol. The van der Waals surface area contributed by atoms with E-state index in [-0.39, 0.29) is 0 Å². The summed E-state index contributed by atoms with van der Waals surface area (Å²) >= 11 is 0. The number of nitrogen functional groups attached to an aromatic ring is 2. The highest BCUT2D eigenvalue weighted by Gasteiger charge is 1.95. The van der Waals surface area contributed by atoms with E-state index < -0.39 is 0 Å². The minimum Gasteiger partial charge on any atom is -0.399 e. The van der Waals surface area contributed by atoms with E-state index in [0.717, 1.165) is 29.2 Å². The second-order valence-corrected chi connectivity index (χ2v) is 3.72. The smallest absolute Gasteiger partial charge is 0.0401 e. The predicted octanol–water partition coefficient (Wildman–Crippen LogP) is 2.46. The molecule has 0 unspecified atom stereocenters. The molecule has 0 radical (unpaired) electrons. The summed E-state index contributed by atoms with van der Waals surface area (Å²) in [5.74, 6) is 0. The monoisotopic (exact) mass is 213 g/mol. The molecule has 3 heteroatoms. The van der Waals surface area contributed by atoms with Crippen LogP contribution in [0.1, 0.15) is 5.56 Å². The molecule has 0 amide bonds. The molecule has 82 valence electrons. The fourth-order valence-corrected chi connectivity index (χ4v) is 1.56. The molecule has 0 aromatic heterocycles. The van der Waals surface area contributed by atoms with Crippen LogP contribution in [-0.2, 0) is 6.54 Å². The van der Waals surface area contributed by atoms with E-state index in [9.17, 15) is 0 Å². The van der Waals surface area contributed by atoms with Gasteiger partial charge in [0.05, 0.1) is 0 Å². The van der Waals surface area contributed by atoms with Crippen molar-refractivity contribution in [3.63, 3.8) is 0 Å². The first-order valence-electron chi connectivity index (χ1n) is 5.18. The molecule has 5 N–H and O–H groups in total. The maximum absolute atomic E-state index is 5.70. The maximum Gasteiger partial charge on any atom is 0.0401 e. The first-order chi connectivity index (χ1) is 7.74. The SMILES string of the molecule is Nc1cccc(CNc2cccc(N)c2)c1. The second-order valence-electron chi connectivity index (χ2n) is 3.72. The van der Waals surface area contributed by atoms with Gasteiger partial charge in [-0.05, 0) is 35.9 Å². The fourth-order valence-electron chi connectivity index (χ4n) is 1.56. The summed E-state index contributed by atoms with van der Waals surface area (Å²) in [5, 5.41) is 3.29. The van der Waals surface area contributed by atoms with Crippen molar-refractivity contribution in [2.45, 2.75) is 6.54 Å². The van der Waals surface area contributed by atoms with Gasteiger partial charge in [-0.1, -0.05) is 18.2 Å². The van der Waals surface area contributed by atoms with Crippen LogP contribution in [0, 0.1) is 0 Å². The molecule has 0 aliphatic heterocycles. The van der Waals surface area contributed by atoms with Crippen LogP contribution in [0.25, 0.3) is 0 Å². The molecular weight excluding hydrogens is 198 g/mol. The van der Waals surface area contributed by atoms with Gasteiger partial charge in [-0.25, -0.2) is 0 Å². The lowest BCUT2D eigenvalue weighted by Crippen LogP contribution is -2.00. The van der Waals surface area contributed by atoms with Gasteiger partial charge in [-0.15, -0.1) is 0 Å². The third-order valence-electron chi connectivity index (χ3n) is 2.33. The third kappa shape index (κ3) is 2.67. The van der Waals surface area contributed by atoms with E-state index >= 15 is 0 Å². The van der Waals surface area contributed by atoms with Gasteiger partial charge in [0.25, 0.3) is 0 Å². The molecule has 2 aromatic rings. The summed E-state index contributed by atoms with van der Waals surface area (Å²) in [4.78, 5) is 0. The Balaban J connectivity index is 2.02. The zero-order valence-corrected chi connectivity index (χ0v) is 8.98. The molecule has 0 spiro atoms. The van der Waals surface area contributed by atoms with Crippen molar-refractivity contribution >= 4 is 17.1 Å². The van der Waals surface area contributed by atoms with Gasteiger partial charge in [-0.2, -0.15) is 0 Å². The standard InChI is InChI=1S/C13H15N3/c14-11-4-1-3-10(7-11)9-16-13-6-2-5-12(15)8-13/h1-8,16H,9,14-15H2. The minimum atomic E-state index is 0.745. The Morgan fingerprint density at radius 2 is 1.56 bits per heavy atom. The van der Waals surface area contributed by atoms with Gasteiger partial charge in [-0.3, -0.25) is 0 Å². The highest BCUT2D eigenvalue weighted by atomic mass is 14.9. The van der Waals surface area contributed by atoms with Crippen molar-refractivity contribution in [1.29, 1.82) is 0 Å². The van der Waals surface area contributed by atoms with Crippen LogP contribution in [0.2, 0.25) is 0 Å². The molecule has 0 heterocycles. The molecule has 0 aliphatic carbocycles. The summed E-state index contributed by atoms with van der Waals surface area (Å²) in [5.41, 5.74) is 15.1. The Morgan fingerprint density at radius 3 is 2.25 bits per heavy atom. The number of benzene rings is 2. The summed E-state index contributed by atoms with van der Waals surface area (Å²) in [6, 6.07) is 15.5. The van der Waals surface area contributed by atoms with E-state index in [1.807, 2.05) is 48.5 Å². The van der Waals surface area contributed by atoms with Crippen LogP contribution >= 0.6 is 0 Å². The largest absolute Gasteiger partial charge is 0.399 e. The Morgan fingerprint density at radius 1 is 0.875 bits per heavy atom. The lowest BCUT2D eigenvalue weighted by molar-refractivity contribution is 1.15. The van der Waals surface area contributed by atoms with Gasteiger partial charge in [0.15, 0.2) is 0 Å². The Kier molecular flexibility index (Phi) is 2.96. The molecule has 0 aliphatic rings. The van der Waals surface area contributed by atoms with Gasteiger partial charge in [0.1, 0.15) is 0 Å². The number of hydrogen-bond donors (Lipinski definition) is 3. The average Bonchev–Trinajstić information content (AvgIpc) is 2.27. The topological polar surface area (TPSA) is 64.1 Å². The lowest BCUT2D eigenvalue weighted by atomic mass is 10.2. The molecule has 0 atom stereocenters. The second kappa shape index (κ2) is 4.57. The molecule has 3 nitrogen and oxygen atoms in total. The van der Waals surface area contributed by atoms with Crippen molar-refractivity contribution < 1.29 is 0 Å². The Bertz CT molecular complexity index is 435. The van der Waals surface area contributed by atoms with E-state index in [2.05, 4.69) is 5.32 Å². The van der Waals surface area contributed by atoms with Gasteiger partial charge >= 0.3 is 0 Å². The van der Waals surface area contributed by atoms with Crippen LogP contribution in [-0.4, -0.2) is 0 Å². The fraction of sp³-hybridized carbons (Fsp3) is 0.0769. The van der Waals surface area contributed by atoms with Gasteiger partial charge < -0.3 is 16.8 Å². The number of hydrogen-bond acceptors (Lipinski definition) is 3. The van der Waals surface area contributed by atoms with Crippen LogP contribution in [0.5, 0.6) is 0 Å². The number of rotatable bonds is 3. The predicted molar refractivity (Wildman–Crippen MR) is 69.0 cm³/mol. The third-order valence-corrected chi connectivity index (χ3v) is 2.33. The molecule has 0 fully saturated rings. The van der Waals surface area contributed by atoms with E-state index in [4.69, 9.17) is 11.5 Å². The zero-order valence-electron chi connectivity index (χ0n) is 8.98. The highest BCUT2D eigenvalue weighted by molar-refractivity contribution is 5.54. The number of nitrogens with two attached hydrogens (primary N) is 2. The lowest BCUT2D eigenvalue weighted by Gasteiger charge is -2.07. The molecule has 16 heavy (non-hydrogen) atoms. The first kappa shape index (κ1) is 10.4. The normalized spacial score (nSPS) is 10.0.